The minimum absolute atomic E-state index is 0.211. The van der Waals surface area contributed by atoms with Gasteiger partial charge in [0.2, 0.25) is 0 Å². The first-order valence-corrected chi connectivity index (χ1v) is 6.89. The third kappa shape index (κ3) is 4.10. The number of thiophene rings is 1. The zero-order valence-electron chi connectivity index (χ0n) is 10.6. The number of carboxylic acid groups (broad SMARTS) is 1. The van der Waals surface area contributed by atoms with Crippen LogP contribution >= 0.6 is 11.3 Å². The summed E-state index contributed by atoms with van der Waals surface area (Å²) in [5, 5.41) is 16.3. The van der Waals surface area contributed by atoms with Gasteiger partial charge in [-0.3, -0.25) is 0 Å². The topological polar surface area (TPSA) is 78.4 Å². The number of hydrogen-bond donors (Lipinski definition) is 3. The first-order chi connectivity index (χ1) is 9.65. The molecule has 0 unspecified atom stereocenters. The van der Waals surface area contributed by atoms with E-state index >= 15 is 0 Å². The maximum absolute atomic E-state index is 11.6. The van der Waals surface area contributed by atoms with Crippen LogP contribution in [-0.4, -0.2) is 17.1 Å². The first kappa shape index (κ1) is 14.1. The summed E-state index contributed by atoms with van der Waals surface area (Å²) in [7, 11) is 0. The van der Waals surface area contributed by atoms with Crippen molar-refractivity contribution in [3.8, 4) is 0 Å². The highest BCUT2D eigenvalue weighted by Crippen LogP contribution is 2.07. The quantitative estimate of drug-likeness (QED) is 0.791. The van der Waals surface area contributed by atoms with Gasteiger partial charge < -0.3 is 15.7 Å². The van der Waals surface area contributed by atoms with E-state index in [0.717, 1.165) is 10.4 Å². The number of hydrogen-bond acceptors (Lipinski definition) is 3. The number of urea groups is 1. The molecule has 3 N–H and O–H groups in total. The molecule has 2 aromatic rings. The van der Waals surface area contributed by atoms with Crippen molar-refractivity contribution in [3.05, 3.63) is 57.8 Å². The number of carbonyl (C=O) groups excluding carboxylic acids is 1. The van der Waals surface area contributed by atoms with Gasteiger partial charge >= 0.3 is 12.0 Å². The van der Waals surface area contributed by atoms with E-state index in [-0.39, 0.29) is 18.1 Å². The Morgan fingerprint density at radius 2 is 1.90 bits per heavy atom. The number of benzene rings is 1. The highest BCUT2D eigenvalue weighted by molar-refractivity contribution is 7.09. The highest BCUT2D eigenvalue weighted by Gasteiger charge is 2.05. The van der Waals surface area contributed by atoms with Gasteiger partial charge in [-0.1, -0.05) is 18.2 Å². The minimum Gasteiger partial charge on any atom is -0.478 e. The van der Waals surface area contributed by atoms with Crippen LogP contribution in [0.3, 0.4) is 0 Å². The minimum atomic E-state index is -0.978. The summed E-state index contributed by atoms with van der Waals surface area (Å²) < 4.78 is 0. The van der Waals surface area contributed by atoms with Crippen LogP contribution in [0.1, 0.15) is 20.8 Å². The lowest BCUT2D eigenvalue weighted by molar-refractivity contribution is 0.0696. The molecule has 0 aliphatic heterocycles. The van der Waals surface area contributed by atoms with Crippen molar-refractivity contribution >= 4 is 23.3 Å². The maximum Gasteiger partial charge on any atom is 0.335 e. The van der Waals surface area contributed by atoms with Crippen LogP contribution in [0.15, 0.2) is 41.8 Å². The van der Waals surface area contributed by atoms with E-state index < -0.39 is 5.97 Å². The van der Waals surface area contributed by atoms with Crippen molar-refractivity contribution < 1.29 is 14.7 Å². The molecule has 0 radical (unpaired) electrons. The summed E-state index contributed by atoms with van der Waals surface area (Å²) in [5.74, 6) is -0.978. The molecule has 1 aromatic carbocycles. The summed E-state index contributed by atoms with van der Waals surface area (Å²) in [6, 6.07) is 10.1. The molecule has 0 bridgehead atoms. The van der Waals surface area contributed by atoms with E-state index in [4.69, 9.17) is 5.11 Å². The molecule has 5 nitrogen and oxygen atoms in total. The average Bonchev–Trinajstić information content (AvgIpc) is 2.96. The molecule has 2 amide bonds. The Morgan fingerprint density at radius 1 is 1.10 bits per heavy atom. The number of carbonyl (C=O) groups is 2. The standard InChI is InChI=1S/C14H14N2O3S/c17-13(18)11-4-1-3-10(7-11)8-15-14(19)16-9-12-5-2-6-20-12/h1-7H,8-9H2,(H,17,18)(H2,15,16,19). The molecule has 1 aromatic heterocycles. The fourth-order valence-electron chi connectivity index (χ4n) is 1.64. The third-order valence-electron chi connectivity index (χ3n) is 2.63. The Bertz CT molecular complexity index is 596. The second-order valence-electron chi connectivity index (χ2n) is 4.12. The van der Waals surface area contributed by atoms with Crippen molar-refractivity contribution in [3.63, 3.8) is 0 Å². The lowest BCUT2D eigenvalue weighted by Crippen LogP contribution is -2.34. The Morgan fingerprint density at radius 3 is 2.60 bits per heavy atom. The molecule has 20 heavy (non-hydrogen) atoms. The van der Waals surface area contributed by atoms with Crippen molar-refractivity contribution in [1.82, 2.24) is 10.6 Å². The molecule has 2 rings (SSSR count). The SMILES string of the molecule is O=C(NCc1cccc(C(=O)O)c1)NCc1cccs1. The summed E-state index contributed by atoms with van der Waals surface area (Å²) >= 11 is 1.58. The van der Waals surface area contributed by atoms with E-state index in [1.54, 1.807) is 29.5 Å². The molecule has 0 atom stereocenters. The molecule has 0 aliphatic rings. The number of nitrogens with one attached hydrogen (secondary N) is 2. The fraction of sp³-hybridized carbons (Fsp3) is 0.143. The molecular weight excluding hydrogens is 276 g/mol. The van der Waals surface area contributed by atoms with Gasteiger partial charge in [-0.2, -0.15) is 0 Å². The van der Waals surface area contributed by atoms with Crippen molar-refractivity contribution in [2.24, 2.45) is 0 Å². The van der Waals surface area contributed by atoms with Crippen LogP contribution < -0.4 is 10.6 Å². The number of amides is 2. The van der Waals surface area contributed by atoms with Gasteiger partial charge in [-0.15, -0.1) is 11.3 Å². The summed E-state index contributed by atoms with van der Waals surface area (Å²) in [6.07, 6.45) is 0. The normalized spacial score (nSPS) is 10.0. The Kier molecular flexibility index (Phi) is 4.73. The second kappa shape index (κ2) is 6.72. The van der Waals surface area contributed by atoms with Crippen molar-refractivity contribution in [2.45, 2.75) is 13.1 Å². The Labute approximate surface area is 120 Å². The van der Waals surface area contributed by atoms with Gasteiger partial charge in [0.15, 0.2) is 0 Å². The number of aromatic carboxylic acids is 1. The molecule has 0 fully saturated rings. The van der Waals surface area contributed by atoms with Crippen molar-refractivity contribution in [2.75, 3.05) is 0 Å². The van der Waals surface area contributed by atoms with E-state index in [1.165, 1.54) is 6.07 Å². The van der Waals surface area contributed by atoms with E-state index in [0.29, 0.717) is 6.54 Å². The predicted octanol–water partition coefficient (Wildman–Crippen LogP) is 2.45. The lowest BCUT2D eigenvalue weighted by atomic mass is 10.1. The van der Waals surface area contributed by atoms with Crippen LogP contribution in [0.4, 0.5) is 4.79 Å². The number of carboxylic acids is 1. The van der Waals surface area contributed by atoms with Crippen molar-refractivity contribution in [1.29, 1.82) is 0 Å². The predicted molar refractivity (Wildman–Crippen MR) is 76.8 cm³/mol. The molecule has 0 saturated heterocycles. The zero-order valence-corrected chi connectivity index (χ0v) is 11.4. The van der Waals surface area contributed by atoms with E-state index in [2.05, 4.69) is 10.6 Å². The van der Waals surface area contributed by atoms with Gasteiger partial charge in [0.05, 0.1) is 12.1 Å². The Hall–Kier alpha value is -2.34. The lowest BCUT2D eigenvalue weighted by Gasteiger charge is -2.07. The zero-order chi connectivity index (χ0) is 14.4. The van der Waals surface area contributed by atoms with Gasteiger partial charge in [0.25, 0.3) is 0 Å². The molecule has 6 heteroatoms. The molecule has 104 valence electrons. The first-order valence-electron chi connectivity index (χ1n) is 6.01. The fourth-order valence-corrected chi connectivity index (χ4v) is 2.28. The van der Waals surface area contributed by atoms with Gasteiger partial charge in [0.1, 0.15) is 0 Å². The largest absolute Gasteiger partial charge is 0.478 e. The van der Waals surface area contributed by atoms with Crippen LogP contribution in [-0.2, 0) is 13.1 Å². The van der Waals surface area contributed by atoms with Gasteiger partial charge in [-0.25, -0.2) is 9.59 Å². The Balaban J connectivity index is 1.81. The molecule has 0 spiro atoms. The molecule has 0 aliphatic carbocycles. The van der Waals surface area contributed by atoms with Crippen LogP contribution in [0.2, 0.25) is 0 Å². The summed E-state index contributed by atoms with van der Waals surface area (Å²) in [5.41, 5.74) is 0.958. The van der Waals surface area contributed by atoms with Gasteiger partial charge in [0, 0.05) is 11.4 Å². The average molecular weight is 290 g/mol. The monoisotopic (exact) mass is 290 g/mol. The van der Waals surface area contributed by atoms with Crippen LogP contribution in [0.5, 0.6) is 0 Å². The van der Waals surface area contributed by atoms with E-state index in [9.17, 15) is 9.59 Å². The maximum atomic E-state index is 11.6. The summed E-state index contributed by atoms with van der Waals surface area (Å²) in [6.45, 7) is 0.774. The summed E-state index contributed by atoms with van der Waals surface area (Å²) in [4.78, 5) is 23.5. The molecule has 0 saturated carbocycles. The molecule has 1 heterocycles. The smallest absolute Gasteiger partial charge is 0.335 e. The molecular formula is C14H14N2O3S. The second-order valence-corrected chi connectivity index (χ2v) is 5.15. The third-order valence-corrected chi connectivity index (χ3v) is 3.51. The van der Waals surface area contributed by atoms with E-state index in [1.807, 2.05) is 17.5 Å². The van der Waals surface area contributed by atoms with Gasteiger partial charge in [-0.05, 0) is 29.1 Å². The van der Waals surface area contributed by atoms with Crippen LogP contribution in [0.25, 0.3) is 0 Å². The van der Waals surface area contributed by atoms with Crippen LogP contribution in [0, 0.1) is 0 Å². The highest BCUT2D eigenvalue weighted by atomic mass is 32.1. The number of rotatable bonds is 5.